The van der Waals surface area contributed by atoms with Crippen molar-refractivity contribution >= 4 is 55.6 Å². The minimum Gasteiger partial charge on any atom is -0.465 e. The Kier molecular flexibility index (Phi) is 3.48. The number of rotatable bonds is 3. The summed E-state index contributed by atoms with van der Waals surface area (Å²) in [5, 5.41) is 2.20. The molecule has 1 heterocycles. The molecule has 1 aliphatic heterocycles. The number of benzene rings is 2. The fourth-order valence-electron chi connectivity index (χ4n) is 2.50. The molecule has 0 N–H and O–H groups in total. The molecule has 3 rings (SSSR count). The second-order valence-corrected chi connectivity index (χ2v) is 5.73. The predicted octanol–water partition coefficient (Wildman–Crippen LogP) is 3.66. The van der Waals surface area contributed by atoms with E-state index in [0.717, 1.165) is 26.5 Å². The fraction of sp³-hybridized carbons (Fsp3) is 0.200. The Hall–Kier alpha value is -1.46. The number of esters is 1. The maximum Gasteiger partial charge on any atom is 0.325 e. The summed E-state index contributed by atoms with van der Waals surface area (Å²) in [5.74, 6) is -0.265. The van der Waals surface area contributed by atoms with Gasteiger partial charge in [-0.1, -0.05) is 46.3 Å². The SMILES string of the molecule is CCOC(=O)CN1C(=S)c2cccc3c(Br)ccc1c23. The van der Waals surface area contributed by atoms with Crippen LogP contribution in [0.25, 0.3) is 10.8 Å². The zero-order valence-electron chi connectivity index (χ0n) is 10.9. The number of hydrogen-bond donors (Lipinski definition) is 0. The summed E-state index contributed by atoms with van der Waals surface area (Å²) < 4.78 is 6.05. The Morgan fingerprint density at radius 1 is 1.35 bits per heavy atom. The lowest BCUT2D eigenvalue weighted by atomic mass is 10.1. The molecule has 0 saturated carbocycles. The van der Waals surface area contributed by atoms with E-state index in [1.54, 1.807) is 6.92 Å². The van der Waals surface area contributed by atoms with E-state index in [-0.39, 0.29) is 12.5 Å². The van der Waals surface area contributed by atoms with Crippen LogP contribution in [0, 0.1) is 0 Å². The summed E-state index contributed by atoms with van der Waals surface area (Å²) in [4.78, 5) is 14.3. The normalized spacial score (nSPS) is 13.1. The minimum atomic E-state index is -0.265. The fourth-order valence-corrected chi connectivity index (χ4v) is 3.30. The van der Waals surface area contributed by atoms with E-state index in [1.807, 2.05) is 35.2 Å². The number of ether oxygens (including phenoxy) is 1. The monoisotopic (exact) mass is 349 g/mol. The summed E-state index contributed by atoms with van der Waals surface area (Å²) in [6, 6.07) is 9.98. The van der Waals surface area contributed by atoms with Gasteiger partial charge >= 0.3 is 5.97 Å². The van der Waals surface area contributed by atoms with Gasteiger partial charge in [0.15, 0.2) is 0 Å². The molecular weight excluding hydrogens is 338 g/mol. The van der Waals surface area contributed by atoms with Gasteiger partial charge < -0.3 is 9.64 Å². The highest BCUT2D eigenvalue weighted by atomic mass is 79.9. The van der Waals surface area contributed by atoms with Gasteiger partial charge in [-0.15, -0.1) is 0 Å². The van der Waals surface area contributed by atoms with E-state index in [9.17, 15) is 4.79 Å². The highest BCUT2D eigenvalue weighted by molar-refractivity contribution is 9.10. The molecule has 0 aliphatic carbocycles. The first-order chi connectivity index (χ1) is 9.63. The topological polar surface area (TPSA) is 29.5 Å². The lowest BCUT2D eigenvalue weighted by molar-refractivity contribution is -0.141. The van der Waals surface area contributed by atoms with Crippen molar-refractivity contribution in [3.05, 3.63) is 40.4 Å². The molecule has 0 saturated heterocycles. The Morgan fingerprint density at radius 2 is 2.15 bits per heavy atom. The molecule has 1 aliphatic rings. The third-order valence-electron chi connectivity index (χ3n) is 3.32. The van der Waals surface area contributed by atoms with Gasteiger partial charge in [-0.25, -0.2) is 0 Å². The zero-order valence-corrected chi connectivity index (χ0v) is 13.3. The van der Waals surface area contributed by atoms with Crippen LogP contribution in [0.5, 0.6) is 0 Å². The number of thiocarbonyl (C=S) groups is 1. The smallest absolute Gasteiger partial charge is 0.325 e. The van der Waals surface area contributed by atoms with Gasteiger partial charge in [-0.2, -0.15) is 0 Å². The molecular formula is C15H12BrNO2S. The quantitative estimate of drug-likeness (QED) is 0.624. The van der Waals surface area contributed by atoms with Gasteiger partial charge in [-0.05, 0) is 24.4 Å². The number of carbonyl (C=O) groups is 1. The van der Waals surface area contributed by atoms with Crippen LogP contribution in [-0.4, -0.2) is 24.1 Å². The lowest BCUT2D eigenvalue weighted by Gasteiger charge is -2.18. The van der Waals surface area contributed by atoms with Gasteiger partial charge in [0.25, 0.3) is 0 Å². The average molecular weight is 350 g/mol. The standard InChI is InChI=1S/C15H12BrNO2S/c1-2-19-13(18)8-17-12-7-6-11(16)9-4-3-5-10(14(9)12)15(17)20/h3-7H,2,8H2,1H3. The van der Waals surface area contributed by atoms with E-state index in [2.05, 4.69) is 15.9 Å². The van der Waals surface area contributed by atoms with Crippen LogP contribution in [0.4, 0.5) is 5.69 Å². The molecule has 2 aromatic carbocycles. The van der Waals surface area contributed by atoms with Crippen LogP contribution < -0.4 is 4.90 Å². The van der Waals surface area contributed by atoms with E-state index in [4.69, 9.17) is 17.0 Å². The van der Waals surface area contributed by atoms with Crippen LogP contribution in [0.1, 0.15) is 12.5 Å². The van der Waals surface area contributed by atoms with Crippen molar-refractivity contribution in [1.29, 1.82) is 0 Å². The van der Waals surface area contributed by atoms with Crippen molar-refractivity contribution in [2.45, 2.75) is 6.92 Å². The Labute approximate surface area is 130 Å². The molecule has 0 amide bonds. The van der Waals surface area contributed by atoms with Crippen LogP contribution in [-0.2, 0) is 9.53 Å². The first kappa shape index (κ1) is 13.5. The second kappa shape index (κ2) is 5.14. The van der Waals surface area contributed by atoms with Crippen molar-refractivity contribution in [3.63, 3.8) is 0 Å². The van der Waals surface area contributed by atoms with Crippen LogP contribution in [0.2, 0.25) is 0 Å². The maximum atomic E-state index is 11.7. The van der Waals surface area contributed by atoms with E-state index < -0.39 is 0 Å². The van der Waals surface area contributed by atoms with Crippen molar-refractivity contribution in [1.82, 2.24) is 0 Å². The van der Waals surface area contributed by atoms with Crippen LogP contribution in [0.15, 0.2) is 34.8 Å². The first-order valence-electron chi connectivity index (χ1n) is 6.32. The molecule has 0 radical (unpaired) electrons. The number of nitrogens with zero attached hydrogens (tertiary/aromatic N) is 1. The number of carbonyl (C=O) groups excluding carboxylic acids is 1. The van der Waals surface area contributed by atoms with Gasteiger partial charge in [0, 0.05) is 15.4 Å². The summed E-state index contributed by atoms with van der Waals surface area (Å²) in [7, 11) is 0. The molecule has 0 unspecified atom stereocenters. The summed E-state index contributed by atoms with van der Waals surface area (Å²) in [6.45, 7) is 2.33. The van der Waals surface area contributed by atoms with Gasteiger partial charge in [-0.3, -0.25) is 4.79 Å². The average Bonchev–Trinajstić information content (AvgIpc) is 2.70. The Morgan fingerprint density at radius 3 is 2.90 bits per heavy atom. The largest absolute Gasteiger partial charge is 0.465 e. The molecule has 0 atom stereocenters. The lowest BCUT2D eigenvalue weighted by Crippen LogP contribution is -2.32. The van der Waals surface area contributed by atoms with Crippen molar-refractivity contribution in [3.8, 4) is 0 Å². The summed E-state index contributed by atoms with van der Waals surface area (Å²) in [6.07, 6.45) is 0. The molecule has 5 heteroatoms. The summed E-state index contributed by atoms with van der Waals surface area (Å²) in [5.41, 5.74) is 1.97. The van der Waals surface area contributed by atoms with Crippen molar-refractivity contribution in [2.24, 2.45) is 0 Å². The number of hydrogen-bond acceptors (Lipinski definition) is 3. The predicted molar refractivity (Wildman–Crippen MR) is 87.3 cm³/mol. The van der Waals surface area contributed by atoms with E-state index in [0.29, 0.717) is 11.6 Å². The third kappa shape index (κ3) is 2.01. The molecule has 0 aromatic heterocycles. The Bertz CT molecular complexity index is 729. The number of anilines is 1. The Balaban J connectivity index is 2.10. The molecule has 0 fully saturated rings. The van der Waals surface area contributed by atoms with Crippen LogP contribution >= 0.6 is 28.1 Å². The highest BCUT2D eigenvalue weighted by Gasteiger charge is 2.28. The van der Waals surface area contributed by atoms with Gasteiger partial charge in [0.1, 0.15) is 11.5 Å². The molecule has 0 spiro atoms. The highest BCUT2D eigenvalue weighted by Crippen LogP contribution is 2.40. The van der Waals surface area contributed by atoms with E-state index in [1.165, 1.54) is 0 Å². The molecule has 2 aromatic rings. The summed E-state index contributed by atoms with van der Waals surface area (Å²) >= 11 is 9.06. The third-order valence-corrected chi connectivity index (χ3v) is 4.46. The number of halogens is 1. The molecule has 3 nitrogen and oxygen atoms in total. The van der Waals surface area contributed by atoms with Crippen molar-refractivity contribution in [2.75, 3.05) is 18.1 Å². The van der Waals surface area contributed by atoms with E-state index >= 15 is 0 Å². The zero-order chi connectivity index (χ0) is 14.3. The maximum absolute atomic E-state index is 11.7. The van der Waals surface area contributed by atoms with Crippen LogP contribution in [0.3, 0.4) is 0 Å². The molecule has 0 bridgehead atoms. The molecule has 102 valence electrons. The first-order valence-corrected chi connectivity index (χ1v) is 7.52. The van der Waals surface area contributed by atoms with Gasteiger partial charge in [0.2, 0.25) is 0 Å². The second-order valence-electron chi connectivity index (χ2n) is 4.49. The molecule has 20 heavy (non-hydrogen) atoms. The van der Waals surface area contributed by atoms with Crippen molar-refractivity contribution < 1.29 is 9.53 Å². The minimum absolute atomic E-state index is 0.151. The van der Waals surface area contributed by atoms with Gasteiger partial charge in [0.05, 0.1) is 12.3 Å².